The molecule has 4 heteroatoms. The number of fused-ring (bicyclic) bond motifs is 1. The number of hydrogen-bond donors (Lipinski definition) is 1. The molecular weight excluding hydrogens is 392 g/mol. The number of aromatic nitrogens is 3. The van der Waals surface area contributed by atoms with E-state index in [2.05, 4.69) is 76.1 Å². The number of anilines is 2. The van der Waals surface area contributed by atoms with Crippen molar-refractivity contribution in [1.29, 1.82) is 0 Å². The van der Waals surface area contributed by atoms with Gasteiger partial charge in [-0.25, -0.2) is 9.97 Å². The van der Waals surface area contributed by atoms with Gasteiger partial charge in [-0.1, -0.05) is 49.2 Å². The maximum Gasteiger partial charge on any atom is 0.143 e. The van der Waals surface area contributed by atoms with Gasteiger partial charge in [-0.2, -0.15) is 0 Å². The van der Waals surface area contributed by atoms with Crippen LogP contribution in [-0.2, 0) is 6.42 Å². The molecule has 0 fully saturated rings. The van der Waals surface area contributed by atoms with E-state index in [-0.39, 0.29) is 0 Å². The van der Waals surface area contributed by atoms with Gasteiger partial charge in [0.2, 0.25) is 0 Å². The van der Waals surface area contributed by atoms with Crippen molar-refractivity contribution in [1.82, 2.24) is 14.4 Å². The van der Waals surface area contributed by atoms with Crippen LogP contribution in [0, 0.1) is 11.8 Å². The van der Waals surface area contributed by atoms with Crippen LogP contribution in [0.3, 0.4) is 0 Å². The number of benzene rings is 2. The summed E-state index contributed by atoms with van der Waals surface area (Å²) in [5.74, 6) is 7.29. The lowest BCUT2D eigenvalue weighted by molar-refractivity contribution is 1.10. The summed E-state index contributed by atoms with van der Waals surface area (Å²) in [6.45, 7) is 2.16. The zero-order valence-corrected chi connectivity index (χ0v) is 17.8. The zero-order valence-electron chi connectivity index (χ0n) is 17.8. The molecule has 0 atom stereocenters. The molecule has 5 aromatic rings. The number of aryl methyl sites for hydroxylation is 1. The van der Waals surface area contributed by atoms with E-state index in [9.17, 15) is 0 Å². The Bertz CT molecular complexity index is 1420. The first-order chi connectivity index (χ1) is 15.8. The normalized spacial score (nSPS) is 10.5. The second-order valence-corrected chi connectivity index (χ2v) is 7.46. The average Bonchev–Trinajstić information content (AvgIpc) is 3.21. The van der Waals surface area contributed by atoms with Crippen LogP contribution >= 0.6 is 0 Å². The Labute approximate surface area is 187 Å². The predicted octanol–water partition coefficient (Wildman–Crippen LogP) is 6.10. The summed E-state index contributed by atoms with van der Waals surface area (Å²) in [4.78, 5) is 9.27. The molecule has 0 saturated heterocycles. The Hall–Kier alpha value is -4.36. The van der Waals surface area contributed by atoms with Gasteiger partial charge in [0.1, 0.15) is 22.9 Å². The van der Waals surface area contributed by atoms with E-state index < -0.39 is 0 Å². The Morgan fingerprint density at radius 2 is 1.75 bits per heavy atom. The third-order valence-corrected chi connectivity index (χ3v) is 5.27. The van der Waals surface area contributed by atoms with Crippen molar-refractivity contribution in [2.75, 3.05) is 5.32 Å². The van der Waals surface area contributed by atoms with Crippen LogP contribution in [0.25, 0.3) is 16.9 Å². The number of para-hydroxylation sites is 1. The van der Waals surface area contributed by atoms with Crippen molar-refractivity contribution in [3.8, 4) is 23.1 Å². The predicted molar refractivity (Wildman–Crippen MR) is 130 cm³/mol. The van der Waals surface area contributed by atoms with Gasteiger partial charge in [0.25, 0.3) is 0 Å². The molecule has 2 aromatic carbocycles. The molecule has 3 aromatic heterocycles. The van der Waals surface area contributed by atoms with Crippen LogP contribution in [0.4, 0.5) is 11.5 Å². The first kappa shape index (κ1) is 19.6. The van der Waals surface area contributed by atoms with Crippen molar-refractivity contribution in [3.05, 3.63) is 114 Å². The average molecular weight is 415 g/mol. The lowest BCUT2D eigenvalue weighted by Gasteiger charge is -2.09. The quantitative estimate of drug-likeness (QED) is 0.361. The molecule has 1 N–H and O–H groups in total. The van der Waals surface area contributed by atoms with E-state index in [0.717, 1.165) is 46.1 Å². The summed E-state index contributed by atoms with van der Waals surface area (Å²) in [7, 11) is 0. The van der Waals surface area contributed by atoms with Crippen LogP contribution in [0.2, 0.25) is 0 Å². The molecule has 154 valence electrons. The van der Waals surface area contributed by atoms with Crippen LogP contribution in [0.15, 0.2) is 97.3 Å². The molecule has 0 spiro atoms. The molecule has 0 saturated carbocycles. The van der Waals surface area contributed by atoms with Gasteiger partial charge in [0.05, 0.1) is 0 Å². The molecule has 0 radical (unpaired) electrons. The van der Waals surface area contributed by atoms with Crippen molar-refractivity contribution in [2.24, 2.45) is 0 Å². The van der Waals surface area contributed by atoms with E-state index in [1.165, 1.54) is 5.56 Å². The van der Waals surface area contributed by atoms with Gasteiger partial charge in [0.15, 0.2) is 0 Å². The summed E-state index contributed by atoms with van der Waals surface area (Å²) >= 11 is 0. The number of pyridine rings is 2. The standard InChI is InChI=1S/C28H22N4/c1-2-21-16-18-32-26(20-21)31-27(28(32)30-25-12-4-3-5-13-25)23-10-8-9-22(19-23)14-15-24-11-6-7-17-29-24/h3-13,16-20,30H,2H2,1H3. The van der Waals surface area contributed by atoms with E-state index in [0.29, 0.717) is 0 Å². The molecule has 0 amide bonds. The Kier molecular flexibility index (Phi) is 5.38. The SMILES string of the molecule is CCc1ccn2c(Nc3ccccc3)c(-c3cccc(C#Cc4ccccn4)c3)nc2c1. The highest BCUT2D eigenvalue weighted by Crippen LogP contribution is 2.32. The molecular formula is C28H22N4. The molecule has 32 heavy (non-hydrogen) atoms. The lowest BCUT2D eigenvalue weighted by atomic mass is 10.1. The first-order valence-electron chi connectivity index (χ1n) is 10.7. The highest BCUT2D eigenvalue weighted by Gasteiger charge is 2.15. The summed E-state index contributed by atoms with van der Waals surface area (Å²) in [6, 6.07) is 28.4. The third-order valence-electron chi connectivity index (χ3n) is 5.27. The number of nitrogens with one attached hydrogen (secondary N) is 1. The van der Waals surface area contributed by atoms with Gasteiger partial charge >= 0.3 is 0 Å². The molecule has 0 bridgehead atoms. The van der Waals surface area contributed by atoms with Crippen molar-refractivity contribution in [3.63, 3.8) is 0 Å². The molecule has 0 aliphatic carbocycles. The Balaban J connectivity index is 1.60. The molecule has 0 aliphatic rings. The van der Waals surface area contributed by atoms with Gasteiger partial charge in [0, 0.05) is 29.2 Å². The molecule has 0 unspecified atom stereocenters. The second-order valence-electron chi connectivity index (χ2n) is 7.46. The summed E-state index contributed by atoms with van der Waals surface area (Å²) in [6.07, 6.45) is 4.81. The highest BCUT2D eigenvalue weighted by molar-refractivity contribution is 5.80. The fraction of sp³-hybridized carbons (Fsp3) is 0.0714. The van der Waals surface area contributed by atoms with Crippen LogP contribution in [0.5, 0.6) is 0 Å². The number of imidazole rings is 1. The largest absolute Gasteiger partial charge is 0.339 e. The second kappa shape index (κ2) is 8.79. The number of rotatable bonds is 4. The van der Waals surface area contributed by atoms with Crippen LogP contribution < -0.4 is 5.32 Å². The van der Waals surface area contributed by atoms with E-state index in [1.807, 2.05) is 48.5 Å². The van der Waals surface area contributed by atoms with Crippen molar-refractivity contribution >= 4 is 17.2 Å². The fourth-order valence-electron chi connectivity index (χ4n) is 3.60. The smallest absolute Gasteiger partial charge is 0.143 e. The summed E-state index contributed by atoms with van der Waals surface area (Å²) in [5.41, 5.74) is 6.77. The minimum atomic E-state index is 0.754. The van der Waals surface area contributed by atoms with E-state index in [1.54, 1.807) is 6.20 Å². The molecule has 3 heterocycles. The Morgan fingerprint density at radius 1 is 0.875 bits per heavy atom. The lowest BCUT2D eigenvalue weighted by Crippen LogP contribution is -1.97. The fourth-order valence-corrected chi connectivity index (χ4v) is 3.60. The van der Waals surface area contributed by atoms with Crippen molar-refractivity contribution < 1.29 is 0 Å². The molecule has 5 rings (SSSR count). The van der Waals surface area contributed by atoms with Gasteiger partial charge in [-0.3, -0.25) is 4.40 Å². The zero-order chi connectivity index (χ0) is 21.8. The van der Waals surface area contributed by atoms with Gasteiger partial charge in [-0.15, -0.1) is 0 Å². The maximum atomic E-state index is 4.99. The minimum absolute atomic E-state index is 0.754. The summed E-state index contributed by atoms with van der Waals surface area (Å²) in [5, 5.41) is 3.56. The van der Waals surface area contributed by atoms with Crippen molar-refractivity contribution in [2.45, 2.75) is 13.3 Å². The third kappa shape index (κ3) is 4.10. The van der Waals surface area contributed by atoms with E-state index >= 15 is 0 Å². The number of hydrogen-bond acceptors (Lipinski definition) is 3. The molecule has 0 aliphatic heterocycles. The topological polar surface area (TPSA) is 42.2 Å². The maximum absolute atomic E-state index is 4.99. The van der Waals surface area contributed by atoms with Crippen LogP contribution in [-0.4, -0.2) is 14.4 Å². The minimum Gasteiger partial charge on any atom is -0.339 e. The van der Waals surface area contributed by atoms with E-state index in [4.69, 9.17) is 4.98 Å². The van der Waals surface area contributed by atoms with Crippen LogP contribution in [0.1, 0.15) is 23.7 Å². The summed E-state index contributed by atoms with van der Waals surface area (Å²) < 4.78 is 2.10. The van der Waals surface area contributed by atoms with Gasteiger partial charge < -0.3 is 5.32 Å². The monoisotopic (exact) mass is 414 g/mol. The Morgan fingerprint density at radius 3 is 2.56 bits per heavy atom. The number of nitrogens with zero attached hydrogens (tertiary/aromatic N) is 3. The van der Waals surface area contributed by atoms with Gasteiger partial charge in [-0.05, 0) is 66.4 Å². The highest BCUT2D eigenvalue weighted by atomic mass is 15.1. The molecule has 4 nitrogen and oxygen atoms in total. The first-order valence-corrected chi connectivity index (χ1v) is 10.7.